The van der Waals surface area contributed by atoms with E-state index < -0.39 is 4.92 Å². The summed E-state index contributed by atoms with van der Waals surface area (Å²) in [5, 5.41) is 13.5. The highest BCUT2D eigenvalue weighted by atomic mass is 16.6. The Bertz CT molecular complexity index is 474. The van der Waals surface area contributed by atoms with Gasteiger partial charge in [-0.2, -0.15) is 0 Å². The van der Waals surface area contributed by atoms with Crippen LogP contribution in [0.25, 0.3) is 0 Å². The molecule has 6 heteroatoms. The van der Waals surface area contributed by atoms with Crippen molar-refractivity contribution in [3.63, 3.8) is 0 Å². The van der Waals surface area contributed by atoms with E-state index in [1.165, 1.54) is 6.07 Å². The van der Waals surface area contributed by atoms with Gasteiger partial charge in [0.2, 0.25) is 5.91 Å². The lowest BCUT2D eigenvalue weighted by molar-refractivity contribution is -0.385. The molecule has 6 nitrogen and oxygen atoms in total. The monoisotopic (exact) mass is 265 g/mol. The molecule has 104 valence electrons. The first-order valence-corrected chi connectivity index (χ1v) is 6.19. The second-order valence-corrected chi connectivity index (χ2v) is 4.69. The van der Waals surface area contributed by atoms with Crippen LogP contribution in [-0.4, -0.2) is 17.4 Å². The molecule has 1 amide bonds. The van der Waals surface area contributed by atoms with E-state index >= 15 is 0 Å². The molecule has 3 N–H and O–H groups in total. The topological polar surface area (TPSA) is 98.3 Å². The van der Waals surface area contributed by atoms with Crippen molar-refractivity contribution in [3.05, 3.63) is 33.9 Å². The predicted molar refractivity (Wildman–Crippen MR) is 73.9 cm³/mol. The van der Waals surface area contributed by atoms with Crippen molar-refractivity contribution in [3.8, 4) is 0 Å². The number of nitro groups is 1. The van der Waals surface area contributed by atoms with Gasteiger partial charge >= 0.3 is 0 Å². The number of rotatable bonds is 6. The number of nitrogens with one attached hydrogen (secondary N) is 1. The Morgan fingerprint density at radius 3 is 2.79 bits per heavy atom. The molecule has 0 saturated carbocycles. The van der Waals surface area contributed by atoms with Gasteiger partial charge in [-0.05, 0) is 31.9 Å². The van der Waals surface area contributed by atoms with Crippen molar-refractivity contribution in [1.82, 2.24) is 0 Å². The number of aryl methyl sites for hydroxylation is 1. The van der Waals surface area contributed by atoms with Crippen molar-refractivity contribution in [2.24, 2.45) is 11.7 Å². The van der Waals surface area contributed by atoms with Crippen molar-refractivity contribution in [2.45, 2.75) is 26.7 Å². The standard InChI is InChI=1S/C13H19N3O3/c1-9(8-14)3-6-13(17)15-11-5-4-10(2)12(7-11)16(18)19/h4-5,7,9H,3,6,8,14H2,1-2H3,(H,15,17). The van der Waals surface area contributed by atoms with E-state index in [2.05, 4.69) is 5.32 Å². The van der Waals surface area contributed by atoms with Crippen LogP contribution in [-0.2, 0) is 4.79 Å². The van der Waals surface area contributed by atoms with Gasteiger partial charge in [0, 0.05) is 23.7 Å². The Morgan fingerprint density at radius 1 is 1.53 bits per heavy atom. The van der Waals surface area contributed by atoms with E-state index in [0.29, 0.717) is 30.6 Å². The van der Waals surface area contributed by atoms with Crippen LogP contribution in [0.2, 0.25) is 0 Å². The second-order valence-electron chi connectivity index (χ2n) is 4.69. The summed E-state index contributed by atoms with van der Waals surface area (Å²) < 4.78 is 0. The smallest absolute Gasteiger partial charge is 0.274 e. The van der Waals surface area contributed by atoms with Crippen molar-refractivity contribution < 1.29 is 9.72 Å². The van der Waals surface area contributed by atoms with Gasteiger partial charge in [0.15, 0.2) is 0 Å². The predicted octanol–water partition coefficient (Wildman–Crippen LogP) is 2.22. The summed E-state index contributed by atoms with van der Waals surface area (Å²) in [7, 11) is 0. The number of nitro benzene ring substituents is 1. The van der Waals surface area contributed by atoms with E-state index in [0.717, 1.165) is 0 Å². The van der Waals surface area contributed by atoms with E-state index in [4.69, 9.17) is 5.73 Å². The van der Waals surface area contributed by atoms with Crippen LogP contribution >= 0.6 is 0 Å². The Labute approximate surface area is 112 Å². The maximum absolute atomic E-state index is 11.7. The average molecular weight is 265 g/mol. The largest absolute Gasteiger partial charge is 0.330 e. The van der Waals surface area contributed by atoms with Gasteiger partial charge < -0.3 is 11.1 Å². The average Bonchev–Trinajstić information content (AvgIpc) is 2.37. The first-order chi connectivity index (χ1) is 8.93. The molecule has 0 aromatic heterocycles. The molecule has 0 bridgehead atoms. The lowest BCUT2D eigenvalue weighted by atomic mass is 10.1. The summed E-state index contributed by atoms with van der Waals surface area (Å²) >= 11 is 0. The number of amides is 1. The number of nitrogens with zero attached hydrogens (tertiary/aromatic N) is 1. The first kappa shape index (κ1) is 15.1. The molecule has 0 fully saturated rings. The molecule has 0 radical (unpaired) electrons. The highest BCUT2D eigenvalue weighted by molar-refractivity contribution is 5.91. The molecule has 0 heterocycles. The minimum absolute atomic E-state index is 0.00752. The fourth-order valence-electron chi connectivity index (χ4n) is 1.60. The van der Waals surface area contributed by atoms with Gasteiger partial charge in [-0.1, -0.05) is 13.0 Å². The molecule has 0 spiro atoms. The minimum Gasteiger partial charge on any atom is -0.330 e. The highest BCUT2D eigenvalue weighted by Crippen LogP contribution is 2.22. The lowest BCUT2D eigenvalue weighted by Crippen LogP contribution is -2.16. The molecule has 1 unspecified atom stereocenters. The molecule has 19 heavy (non-hydrogen) atoms. The zero-order valence-corrected chi connectivity index (χ0v) is 11.2. The van der Waals surface area contributed by atoms with Gasteiger partial charge in [0.1, 0.15) is 0 Å². The third kappa shape index (κ3) is 4.67. The number of hydrogen-bond donors (Lipinski definition) is 2. The molecular formula is C13H19N3O3. The first-order valence-electron chi connectivity index (χ1n) is 6.19. The zero-order valence-electron chi connectivity index (χ0n) is 11.2. The lowest BCUT2D eigenvalue weighted by Gasteiger charge is -2.09. The summed E-state index contributed by atoms with van der Waals surface area (Å²) in [4.78, 5) is 22.0. The van der Waals surface area contributed by atoms with Crippen LogP contribution < -0.4 is 11.1 Å². The van der Waals surface area contributed by atoms with Gasteiger partial charge in [0.25, 0.3) is 5.69 Å². The van der Waals surface area contributed by atoms with Crippen molar-refractivity contribution in [1.29, 1.82) is 0 Å². The minimum atomic E-state index is -0.457. The van der Waals surface area contributed by atoms with Crippen LogP contribution in [0.5, 0.6) is 0 Å². The number of carbonyl (C=O) groups excluding carboxylic acids is 1. The molecular weight excluding hydrogens is 246 g/mol. The highest BCUT2D eigenvalue weighted by Gasteiger charge is 2.12. The van der Waals surface area contributed by atoms with E-state index in [9.17, 15) is 14.9 Å². The Morgan fingerprint density at radius 2 is 2.21 bits per heavy atom. The molecule has 0 aliphatic carbocycles. The number of carbonyl (C=O) groups is 1. The van der Waals surface area contributed by atoms with Gasteiger partial charge in [0.05, 0.1) is 4.92 Å². The number of nitrogens with two attached hydrogens (primary N) is 1. The molecule has 0 aliphatic heterocycles. The Balaban J connectivity index is 2.64. The third-order valence-electron chi connectivity index (χ3n) is 2.96. The van der Waals surface area contributed by atoms with Crippen LogP contribution in [0.1, 0.15) is 25.3 Å². The summed E-state index contributed by atoms with van der Waals surface area (Å²) in [6.45, 7) is 4.18. The van der Waals surface area contributed by atoms with Crippen molar-refractivity contribution in [2.75, 3.05) is 11.9 Å². The molecule has 0 saturated heterocycles. The normalized spacial score (nSPS) is 11.9. The maximum atomic E-state index is 11.7. The fourth-order valence-corrected chi connectivity index (χ4v) is 1.60. The summed E-state index contributed by atoms with van der Waals surface area (Å²) in [5.74, 6) is 0.136. The number of anilines is 1. The molecule has 1 aromatic rings. The summed E-state index contributed by atoms with van der Waals surface area (Å²) in [6, 6.07) is 4.66. The molecule has 1 rings (SSSR count). The Hall–Kier alpha value is -1.95. The van der Waals surface area contributed by atoms with Gasteiger partial charge in [-0.3, -0.25) is 14.9 Å². The molecule has 1 atom stereocenters. The molecule has 0 aliphatic rings. The summed E-state index contributed by atoms with van der Waals surface area (Å²) in [5.41, 5.74) is 6.50. The van der Waals surface area contributed by atoms with Crippen LogP contribution in [0.4, 0.5) is 11.4 Å². The van der Waals surface area contributed by atoms with E-state index in [-0.39, 0.29) is 17.5 Å². The third-order valence-corrected chi connectivity index (χ3v) is 2.96. The maximum Gasteiger partial charge on any atom is 0.274 e. The number of hydrogen-bond acceptors (Lipinski definition) is 4. The van der Waals surface area contributed by atoms with Crippen LogP contribution in [0, 0.1) is 23.0 Å². The second kappa shape index (κ2) is 6.84. The zero-order chi connectivity index (χ0) is 14.4. The van der Waals surface area contributed by atoms with E-state index in [1.54, 1.807) is 19.1 Å². The SMILES string of the molecule is Cc1ccc(NC(=O)CCC(C)CN)cc1[N+](=O)[O-]. The molecule has 1 aromatic carbocycles. The number of benzene rings is 1. The van der Waals surface area contributed by atoms with Crippen LogP contribution in [0.3, 0.4) is 0 Å². The van der Waals surface area contributed by atoms with E-state index in [1.807, 2.05) is 6.92 Å². The van der Waals surface area contributed by atoms with Crippen LogP contribution in [0.15, 0.2) is 18.2 Å². The van der Waals surface area contributed by atoms with Gasteiger partial charge in [-0.25, -0.2) is 0 Å². The van der Waals surface area contributed by atoms with Crippen molar-refractivity contribution >= 4 is 17.3 Å². The fraction of sp³-hybridized carbons (Fsp3) is 0.462. The summed E-state index contributed by atoms with van der Waals surface area (Å²) in [6.07, 6.45) is 1.07. The Kier molecular flexibility index (Phi) is 5.44. The van der Waals surface area contributed by atoms with Gasteiger partial charge in [-0.15, -0.1) is 0 Å². The quantitative estimate of drug-likeness (QED) is 0.608.